The van der Waals surface area contributed by atoms with Crippen LogP contribution in [0.15, 0.2) is 36.4 Å². The third kappa shape index (κ3) is 4.55. The topological polar surface area (TPSA) is 15.3 Å². The number of nitrogens with zero attached hydrogens (tertiary/aromatic N) is 1. The first-order valence-electron chi connectivity index (χ1n) is 9.89. The second-order valence-electron chi connectivity index (χ2n) is 7.77. The van der Waals surface area contributed by atoms with Crippen molar-refractivity contribution in [3.8, 4) is 0 Å². The van der Waals surface area contributed by atoms with Crippen LogP contribution in [0.3, 0.4) is 0 Å². The third-order valence-corrected chi connectivity index (χ3v) is 7.00. The van der Waals surface area contributed by atoms with Crippen LogP contribution < -0.4 is 10.2 Å². The minimum Gasteiger partial charge on any atom is -0.370 e. The van der Waals surface area contributed by atoms with Crippen LogP contribution in [0.4, 0.5) is 18.9 Å². The van der Waals surface area contributed by atoms with Crippen molar-refractivity contribution in [3.63, 3.8) is 0 Å². The number of anilines is 1. The predicted molar refractivity (Wildman–Crippen MR) is 119 cm³/mol. The summed E-state index contributed by atoms with van der Waals surface area (Å²) >= 11 is 18.0. The minimum absolute atomic E-state index is 0.0270. The van der Waals surface area contributed by atoms with Crippen LogP contribution in [0.2, 0.25) is 15.1 Å². The van der Waals surface area contributed by atoms with Crippen LogP contribution in [-0.4, -0.2) is 25.8 Å². The average molecular weight is 480 g/mol. The van der Waals surface area contributed by atoms with Gasteiger partial charge in [-0.15, -0.1) is 0 Å². The van der Waals surface area contributed by atoms with Crippen LogP contribution in [-0.2, 0) is 5.41 Å². The maximum atomic E-state index is 14.3. The van der Waals surface area contributed by atoms with Crippen molar-refractivity contribution >= 4 is 40.5 Å². The molecule has 3 rings (SSSR count). The summed E-state index contributed by atoms with van der Waals surface area (Å²) in [6.07, 6.45) is -3.50. The van der Waals surface area contributed by atoms with Gasteiger partial charge in [0.25, 0.3) is 0 Å². The van der Waals surface area contributed by atoms with Gasteiger partial charge in [0.1, 0.15) is 5.41 Å². The van der Waals surface area contributed by atoms with E-state index >= 15 is 0 Å². The fraction of sp³-hybridized carbons (Fsp3) is 0.455. The lowest BCUT2D eigenvalue weighted by Gasteiger charge is -2.33. The maximum absolute atomic E-state index is 14.3. The summed E-state index contributed by atoms with van der Waals surface area (Å²) in [6.45, 7) is 5.16. The van der Waals surface area contributed by atoms with Gasteiger partial charge >= 0.3 is 6.18 Å². The largest absolute Gasteiger partial charge is 0.400 e. The quantitative estimate of drug-likeness (QED) is 0.434. The molecular formula is C22H24Cl3F3N2. The highest BCUT2D eigenvalue weighted by atomic mass is 35.5. The summed E-state index contributed by atoms with van der Waals surface area (Å²) in [5.74, 6) is 0. The molecule has 1 saturated heterocycles. The molecule has 0 bridgehead atoms. The van der Waals surface area contributed by atoms with E-state index in [4.69, 9.17) is 34.8 Å². The number of hydrogen-bond donors (Lipinski definition) is 1. The molecule has 2 atom stereocenters. The Labute approximate surface area is 190 Å². The van der Waals surface area contributed by atoms with Gasteiger partial charge < -0.3 is 10.2 Å². The molecule has 0 aromatic heterocycles. The van der Waals surface area contributed by atoms with E-state index in [1.807, 2.05) is 24.3 Å². The van der Waals surface area contributed by atoms with Crippen molar-refractivity contribution in [3.05, 3.63) is 62.6 Å². The van der Waals surface area contributed by atoms with E-state index in [1.165, 1.54) is 12.1 Å². The molecule has 1 heterocycles. The van der Waals surface area contributed by atoms with Gasteiger partial charge in [0.2, 0.25) is 0 Å². The number of alkyl halides is 3. The first kappa shape index (κ1) is 23.5. The second-order valence-corrected chi connectivity index (χ2v) is 8.97. The van der Waals surface area contributed by atoms with Gasteiger partial charge in [-0.3, -0.25) is 0 Å². The van der Waals surface area contributed by atoms with E-state index in [0.717, 1.165) is 24.2 Å². The lowest BCUT2D eigenvalue weighted by molar-refractivity contribution is -0.184. The van der Waals surface area contributed by atoms with Crippen molar-refractivity contribution in [2.75, 3.05) is 24.5 Å². The molecule has 1 aliphatic rings. The zero-order chi connectivity index (χ0) is 22.1. The molecule has 0 amide bonds. The lowest BCUT2D eigenvalue weighted by Crippen LogP contribution is -2.44. The zero-order valence-electron chi connectivity index (χ0n) is 16.8. The van der Waals surface area contributed by atoms with Crippen LogP contribution in [0.1, 0.15) is 43.9 Å². The summed E-state index contributed by atoms with van der Waals surface area (Å²) in [6, 6.07) is 10.5. The minimum atomic E-state index is -4.46. The Morgan fingerprint density at radius 1 is 1.10 bits per heavy atom. The molecule has 0 spiro atoms. The molecule has 2 nitrogen and oxygen atoms in total. The summed E-state index contributed by atoms with van der Waals surface area (Å²) in [5, 5.41) is 3.53. The zero-order valence-corrected chi connectivity index (χ0v) is 19.1. The van der Waals surface area contributed by atoms with Crippen molar-refractivity contribution in [2.24, 2.45) is 0 Å². The molecular weight excluding hydrogens is 456 g/mol. The Morgan fingerprint density at radius 3 is 2.23 bits per heavy atom. The normalized spacial score (nSPS) is 20.6. The molecule has 1 aliphatic heterocycles. The summed E-state index contributed by atoms with van der Waals surface area (Å²) in [7, 11) is 0. The lowest BCUT2D eigenvalue weighted by atomic mass is 9.79. The van der Waals surface area contributed by atoms with E-state index in [1.54, 1.807) is 4.90 Å². The molecule has 2 aromatic carbocycles. The molecule has 2 aromatic rings. The highest BCUT2D eigenvalue weighted by molar-refractivity contribution is 6.48. The Morgan fingerprint density at radius 2 is 1.70 bits per heavy atom. The number of benzene rings is 2. The van der Waals surface area contributed by atoms with Crippen LogP contribution in [0.5, 0.6) is 0 Å². The summed E-state index contributed by atoms with van der Waals surface area (Å²) in [5.41, 5.74) is -0.145. The van der Waals surface area contributed by atoms with Crippen molar-refractivity contribution < 1.29 is 13.2 Å². The highest BCUT2D eigenvalue weighted by Gasteiger charge is 2.59. The molecule has 164 valence electrons. The van der Waals surface area contributed by atoms with E-state index in [9.17, 15) is 13.2 Å². The predicted octanol–water partition coefficient (Wildman–Crippen LogP) is 7.42. The first-order chi connectivity index (χ1) is 14.1. The molecule has 0 saturated carbocycles. The number of halogens is 6. The Hall–Kier alpha value is -1.14. The molecule has 1 fully saturated rings. The Kier molecular flexibility index (Phi) is 7.18. The van der Waals surface area contributed by atoms with Gasteiger partial charge in [-0.25, -0.2) is 0 Å². The van der Waals surface area contributed by atoms with Crippen molar-refractivity contribution in [2.45, 2.75) is 44.3 Å². The van der Waals surface area contributed by atoms with Crippen molar-refractivity contribution in [1.29, 1.82) is 0 Å². The van der Waals surface area contributed by atoms with Gasteiger partial charge in [-0.1, -0.05) is 53.9 Å². The van der Waals surface area contributed by atoms with Gasteiger partial charge in [-0.05, 0) is 61.7 Å². The van der Waals surface area contributed by atoms with Gasteiger partial charge in [0.15, 0.2) is 0 Å². The Bertz CT molecular complexity index is 863. The Balaban J connectivity index is 1.88. The standard InChI is InChI=1S/C22H24Cl3F3N2/c1-3-9-29-14(2)15-4-6-17(7-5-15)30-10-8-21(13-30,22(26,27)28)16-11-18(23)20(25)19(24)12-16/h4-7,11-12,14,29H,3,8-10,13H2,1-2H3. The van der Waals surface area contributed by atoms with Crippen LogP contribution in [0.25, 0.3) is 0 Å². The number of nitrogens with one attached hydrogen (secondary N) is 1. The molecule has 1 N–H and O–H groups in total. The van der Waals surface area contributed by atoms with Crippen molar-refractivity contribution in [1.82, 2.24) is 5.32 Å². The highest BCUT2D eigenvalue weighted by Crippen LogP contribution is 2.50. The summed E-state index contributed by atoms with van der Waals surface area (Å²) < 4.78 is 42.9. The third-order valence-electron chi connectivity index (χ3n) is 5.81. The van der Waals surface area contributed by atoms with E-state index in [0.29, 0.717) is 0 Å². The SMILES string of the molecule is CCCNC(C)c1ccc(N2CCC(c3cc(Cl)c(Cl)c(Cl)c3)(C(F)(F)F)C2)cc1. The molecule has 0 radical (unpaired) electrons. The molecule has 30 heavy (non-hydrogen) atoms. The second kappa shape index (κ2) is 9.15. The van der Waals surface area contributed by atoms with Crippen LogP contribution in [0, 0.1) is 0 Å². The maximum Gasteiger partial charge on any atom is 0.400 e. The molecule has 8 heteroatoms. The van der Waals surface area contributed by atoms with Gasteiger partial charge in [-0.2, -0.15) is 13.2 Å². The smallest absolute Gasteiger partial charge is 0.370 e. The number of hydrogen-bond acceptors (Lipinski definition) is 2. The number of rotatable bonds is 6. The summed E-state index contributed by atoms with van der Waals surface area (Å²) in [4.78, 5) is 1.76. The monoisotopic (exact) mass is 478 g/mol. The van der Waals surface area contributed by atoms with Gasteiger partial charge in [0.05, 0.1) is 15.1 Å². The van der Waals surface area contributed by atoms with E-state index in [2.05, 4.69) is 19.2 Å². The van der Waals surface area contributed by atoms with Crippen LogP contribution >= 0.6 is 34.8 Å². The fourth-order valence-electron chi connectivity index (χ4n) is 3.95. The van der Waals surface area contributed by atoms with Gasteiger partial charge in [0, 0.05) is 24.8 Å². The molecule has 0 aliphatic carbocycles. The molecule has 2 unspecified atom stereocenters. The average Bonchev–Trinajstić information content (AvgIpc) is 3.17. The van der Waals surface area contributed by atoms with E-state index < -0.39 is 11.6 Å². The van der Waals surface area contributed by atoms with E-state index in [-0.39, 0.29) is 46.2 Å². The fourth-order valence-corrected chi connectivity index (χ4v) is 4.54. The first-order valence-corrected chi connectivity index (χ1v) is 11.0.